The fourth-order valence-electron chi connectivity index (χ4n) is 1.67. The van der Waals surface area contributed by atoms with E-state index in [-0.39, 0.29) is 11.2 Å². The lowest BCUT2D eigenvalue weighted by Crippen LogP contribution is -2.45. The van der Waals surface area contributed by atoms with Crippen LogP contribution in [0.4, 0.5) is 10.1 Å². The summed E-state index contributed by atoms with van der Waals surface area (Å²) in [6, 6.07) is 4.49. The van der Waals surface area contributed by atoms with Gasteiger partial charge in [-0.1, -0.05) is 6.92 Å². The molecule has 0 saturated carbocycles. The van der Waals surface area contributed by atoms with Crippen LogP contribution in [0.5, 0.6) is 5.75 Å². The number of nitrogens with one attached hydrogen (secondary N) is 1. The van der Waals surface area contributed by atoms with Crippen LogP contribution < -0.4 is 10.1 Å². The van der Waals surface area contributed by atoms with Crippen molar-refractivity contribution in [2.75, 3.05) is 32.2 Å². The maximum absolute atomic E-state index is 13.0. The Morgan fingerprint density at radius 1 is 1.50 bits per heavy atom. The molecule has 0 atom stereocenters. The van der Waals surface area contributed by atoms with E-state index in [4.69, 9.17) is 9.47 Å². The summed E-state index contributed by atoms with van der Waals surface area (Å²) < 4.78 is 23.2. The second-order valence-corrected chi connectivity index (χ2v) is 4.50. The van der Waals surface area contributed by atoms with Crippen molar-refractivity contribution in [3.8, 4) is 5.75 Å². The van der Waals surface area contributed by atoms with Gasteiger partial charge in [-0.25, -0.2) is 4.39 Å². The molecule has 2 rings (SSSR count). The van der Waals surface area contributed by atoms with Gasteiger partial charge in [0.25, 0.3) is 0 Å². The van der Waals surface area contributed by atoms with Gasteiger partial charge in [0, 0.05) is 18.0 Å². The lowest BCUT2D eigenvalue weighted by Gasteiger charge is -2.38. The molecule has 0 spiro atoms. The first-order chi connectivity index (χ1) is 7.63. The Labute approximate surface area is 94.6 Å². The molecule has 0 amide bonds. The molecule has 0 aliphatic carbocycles. The number of benzene rings is 1. The average Bonchev–Trinajstić information content (AvgIpc) is 2.24. The standard InChI is InChI=1S/C12H16FNO2/c1-12(7-16-8-12)6-14-10-4-3-9(13)5-11(10)15-2/h3-5,14H,6-8H2,1-2H3. The Morgan fingerprint density at radius 3 is 2.81 bits per heavy atom. The summed E-state index contributed by atoms with van der Waals surface area (Å²) in [5.74, 6) is 0.240. The Hall–Kier alpha value is -1.29. The molecular formula is C12H16FNO2. The van der Waals surface area contributed by atoms with Gasteiger partial charge in [0.1, 0.15) is 11.6 Å². The largest absolute Gasteiger partial charge is 0.494 e. The molecule has 88 valence electrons. The highest BCUT2D eigenvalue weighted by atomic mass is 19.1. The second-order valence-electron chi connectivity index (χ2n) is 4.50. The van der Waals surface area contributed by atoms with Gasteiger partial charge in [-0.3, -0.25) is 0 Å². The van der Waals surface area contributed by atoms with Crippen molar-refractivity contribution in [1.82, 2.24) is 0 Å². The molecule has 1 aliphatic rings. The highest BCUT2D eigenvalue weighted by Gasteiger charge is 2.33. The fraction of sp³-hybridized carbons (Fsp3) is 0.500. The monoisotopic (exact) mass is 225 g/mol. The molecule has 1 aromatic rings. The minimum absolute atomic E-state index is 0.180. The number of hydrogen-bond acceptors (Lipinski definition) is 3. The molecule has 1 heterocycles. The van der Waals surface area contributed by atoms with E-state index >= 15 is 0 Å². The molecule has 0 radical (unpaired) electrons. The highest BCUT2D eigenvalue weighted by molar-refractivity contribution is 5.56. The van der Waals surface area contributed by atoms with E-state index in [1.54, 1.807) is 6.07 Å². The predicted molar refractivity (Wildman–Crippen MR) is 60.4 cm³/mol. The van der Waals surface area contributed by atoms with E-state index in [2.05, 4.69) is 12.2 Å². The zero-order chi connectivity index (χ0) is 11.6. The SMILES string of the molecule is COc1cc(F)ccc1NCC1(C)COC1. The summed E-state index contributed by atoms with van der Waals surface area (Å²) >= 11 is 0. The zero-order valence-corrected chi connectivity index (χ0v) is 9.55. The number of hydrogen-bond donors (Lipinski definition) is 1. The van der Waals surface area contributed by atoms with Gasteiger partial charge in [-0.05, 0) is 12.1 Å². The number of halogens is 1. The molecule has 1 fully saturated rings. The van der Waals surface area contributed by atoms with Crippen LogP contribution in [0, 0.1) is 11.2 Å². The van der Waals surface area contributed by atoms with Crippen molar-refractivity contribution < 1.29 is 13.9 Å². The maximum atomic E-state index is 13.0. The minimum atomic E-state index is -0.291. The van der Waals surface area contributed by atoms with E-state index in [0.717, 1.165) is 25.4 Å². The summed E-state index contributed by atoms with van der Waals surface area (Å²) in [6.45, 7) is 4.49. The van der Waals surface area contributed by atoms with Crippen LogP contribution in [-0.2, 0) is 4.74 Å². The molecule has 1 aliphatic heterocycles. The number of rotatable bonds is 4. The lowest BCUT2D eigenvalue weighted by atomic mass is 9.88. The molecule has 1 aromatic carbocycles. The van der Waals surface area contributed by atoms with Crippen molar-refractivity contribution in [3.05, 3.63) is 24.0 Å². The number of anilines is 1. The van der Waals surface area contributed by atoms with Gasteiger partial charge in [-0.2, -0.15) is 0 Å². The van der Waals surface area contributed by atoms with Crippen LogP contribution in [0.2, 0.25) is 0 Å². The van der Waals surface area contributed by atoms with Crippen molar-refractivity contribution >= 4 is 5.69 Å². The van der Waals surface area contributed by atoms with Crippen LogP contribution in [0.3, 0.4) is 0 Å². The minimum Gasteiger partial charge on any atom is -0.494 e. The van der Waals surface area contributed by atoms with Gasteiger partial charge in [-0.15, -0.1) is 0 Å². The molecule has 3 nitrogen and oxygen atoms in total. The van der Waals surface area contributed by atoms with Crippen molar-refractivity contribution in [3.63, 3.8) is 0 Å². The highest BCUT2D eigenvalue weighted by Crippen LogP contribution is 2.30. The van der Waals surface area contributed by atoms with Crippen LogP contribution in [-0.4, -0.2) is 26.9 Å². The topological polar surface area (TPSA) is 30.5 Å². The van der Waals surface area contributed by atoms with Gasteiger partial charge < -0.3 is 14.8 Å². The third-order valence-electron chi connectivity index (χ3n) is 2.77. The summed E-state index contributed by atoms with van der Waals surface area (Å²) in [5.41, 5.74) is 0.997. The first-order valence-electron chi connectivity index (χ1n) is 5.28. The molecule has 0 aromatic heterocycles. The normalized spacial score (nSPS) is 17.7. The molecule has 0 unspecified atom stereocenters. The summed E-state index contributed by atoms with van der Waals surface area (Å²) in [7, 11) is 1.54. The summed E-state index contributed by atoms with van der Waals surface area (Å²) in [4.78, 5) is 0. The third-order valence-corrected chi connectivity index (χ3v) is 2.77. The lowest BCUT2D eigenvalue weighted by molar-refractivity contribution is -0.0924. The maximum Gasteiger partial charge on any atom is 0.144 e. The van der Waals surface area contributed by atoms with Gasteiger partial charge in [0.15, 0.2) is 0 Å². The van der Waals surface area contributed by atoms with Crippen molar-refractivity contribution in [2.45, 2.75) is 6.92 Å². The smallest absolute Gasteiger partial charge is 0.144 e. The zero-order valence-electron chi connectivity index (χ0n) is 9.55. The number of methoxy groups -OCH3 is 1. The number of ether oxygens (including phenoxy) is 2. The van der Waals surface area contributed by atoms with E-state index in [9.17, 15) is 4.39 Å². The van der Waals surface area contributed by atoms with Gasteiger partial charge in [0.2, 0.25) is 0 Å². The quantitative estimate of drug-likeness (QED) is 0.852. The fourth-order valence-corrected chi connectivity index (χ4v) is 1.67. The first kappa shape index (κ1) is 11.2. The summed E-state index contributed by atoms with van der Waals surface area (Å²) in [6.07, 6.45) is 0. The Bertz CT molecular complexity index is 377. The third kappa shape index (κ3) is 2.27. The average molecular weight is 225 g/mol. The Kier molecular flexibility index (Phi) is 3.01. The molecule has 4 heteroatoms. The Morgan fingerprint density at radius 2 is 2.25 bits per heavy atom. The van der Waals surface area contributed by atoms with E-state index < -0.39 is 0 Å². The van der Waals surface area contributed by atoms with Crippen LogP contribution in [0.1, 0.15) is 6.92 Å². The second kappa shape index (κ2) is 4.29. The predicted octanol–water partition coefficient (Wildman–Crippen LogP) is 2.28. The molecule has 0 bridgehead atoms. The Balaban J connectivity index is 2.03. The molecular weight excluding hydrogens is 209 g/mol. The molecule has 16 heavy (non-hydrogen) atoms. The van der Waals surface area contributed by atoms with Gasteiger partial charge in [0.05, 0.1) is 26.0 Å². The van der Waals surface area contributed by atoms with Crippen molar-refractivity contribution in [2.24, 2.45) is 5.41 Å². The van der Waals surface area contributed by atoms with Crippen LogP contribution in [0.25, 0.3) is 0 Å². The van der Waals surface area contributed by atoms with E-state index in [1.165, 1.54) is 19.2 Å². The van der Waals surface area contributed by atoms with Crippen LogP contribution >= 0.6 is 0 Å². The van der Waals surface area contributed by atoms with Crippen LogP contribution in [0.15, 0.2) is 18.2 Å². The summed E-state index contributed by atoms with van der Waals surface area (Å²) in [5, 5.41) is 3.26. The van der Waals surface area contributed by atoms with E-state index in [1.807, 2.05) is 0 Å². The van der Waals surface area contributed by atoms with Crippen molar-refractivity contribution in [1.29, 1.82) is 0 Å². The van der Waals surface area contributed by atoms with E-state index in [0.29, 0.717) is 5.75 Å². The molecule has 1 saturated heterocycles. The van der Waals surface area contributed by atoms with Gasteiger partial charge >= 0.3 is 0 Å². The molecule has 1 N–H and O–H groups in total. The first-order valence-corrected chi connectivity index (χ1v) is 5.28.